The van der Waals surface area contributed by atoms with Crippen LogP contribution in [0.5, 0.6) is 0 Å². The number of nitrogens with one attached hydrogen (secondary N) is 1. The molecule has 3 heteroatoms. The van der Waals surface area contributed by atoms with Gasteiger partial charge in [0.05, 0.1) is 0 Å². The van der Waals surface area contributed by atoms with E-state index in [2.05, 4.69) is 10.2 Å². The zero-order chi connectivity index (χ0) is 11.9. The summed E-state index contributed by atoms with van der Waals surface area (Å²) in [6, 6.07) is 0.542. The Hall–Kier alpha value is -0.570. The van der Waals surface area contributed by atoms with Crippen molar-refractivity contribution in [3.63, 3.8) is 0 Å². The van der Waals surface area contributed by atoms with Gasteiger partial charge in [-0.1, -0.05) is 32.1 Å². The molecule has 1 amide bonds. The highest BCUT2D eigenvalue weighted by Crippen LogP contribution is 2.22. The van der Waals surface area contributed by atoms with Crippen LogP contribution in [0, 0.1) is 0 Å². The molecule has 3 nitrogen and oxygen atoms in total. The molecule has 2 aliphatic rings. The molecule has 0 unspecified atom stereocenters. The predicted octanol–water partition coefficient (Wildman–Crippen LogP) is 2.31. The highest BCUT2D eigenvalue weighted by Gasteiger charge is 2.24. The zero-order valence-electron chi connectivity index (χ0n) is 10.9. The summed E-state index contributed by atoms with van der Waals surface area (Å²) < 4.78 is 0. The highest BCUT2D eigenvalue weighted by atomic mass is 16.2. The van der Waals surface area contributed by atoms with Crippen molar-refractivity contribution in [2.45, 2.75) is 63.8 Å². The Bertz CT molecular complexity index is 234. The van der Waals surface area contributed by atoms with Gasteiger partial charge in [-0.15, -0.1) is 0 Å². The van der Waals surface area contributed by atoms with Gasteiger partial charge < -0.3 is 10.2 Å². The summed E-state index contributed by atoms with van der Waals surface area (Å²) >= 11 is 0. The molecule has 0 radical (unpaired) electrons. The van der Waals surface area contributed by atoms with Crippen molar-refractivity contribution in [2.75, 3.05) is 19.6 Å². The van der Waals surface area contributed by atoms with E-state index in [9.17, 15) is 4.79 Å². The van der Waals surface area contributed by atoms with E-state index in [4.69, 9.17) is 0 Å². The van der Waals surface area contributed by atoms with Gasteiger partial charge in [0, 0.05) is 25.6 Å². The number of rotatable bonds is 1. The third-order valence-electron chi connectivity index (χ3n) is 4.10. The van der Waals surface area contributed by atoms with E-state index in [0.29, 0.717) is 18.4 Å². The van der Waals surface area contributed by atoms with Gasteiger partial charge in [0.15, 0.2) is 0 Å². The minimum Gasteiger partial charge on any atom is -0.340 e. The van der Waals surface area contributed by atoms with Gasteiger partial charge in [0.25, 0.3) is 0 Å². The van der Waals surface area contributed by atoms with Crippen molar-refractivity contribution in [1.82, 2.24) is 10.2 Å². The van der Waals surface area contributed by atoms with Crippen molar-refractivity contribution in [2.24, 2.45) is 0 Å². The number of hydrogen-bond acceptors (Lipinski definition) is 2. The summed E-state index contributed by atoms with van der Waals surface area (Å²) in [5.74, 6) is 0.378. The van der Waals surface area contributed by atoms with Crippen LogP contribution in [0.15, 0.2) is 0 Å². The predicted molar refractivity (Wildman–Crippen MR) is 69.9 cm³/mol. The fourth-order valence-electron chi connectivity index (χ4n) is 3.10. The summed E-state index contributed by atoms with van der Waals surface area (Å²) in [6.07, 6.45) is 11.0. The zero-order valence-corrected chi connectivity index (χ0v) is 10.9. The molecule has 1 saturated heterocycles. The lowest BCUT2D eigenvalue weighted by molar-refractivity contribution is -0.134. The number of nitrogens with zero attached hydrogens (tertiary/aromatic N) is 1. The lowest BCUT2D eigenvalue weighted by Crippen LogP contribution is -2.44. The Morgan fingerprint density at radius 2 is 1.65 bits per heavy atom. The SMILES string of the molecule is O=C1CCNCCCN1C1CCCCCCC1. The molecule has 1 aliphatic carbocycles. The Balaban J connectivity index is 1.92. The molecule has 0 bridgehead atoms. The van der Waals surface area contributed by atoms with Gasteiger partial charge in [-0.3, -0.25) is 4.79 Å². The first kappa shape index (κ1) is 12.9. The minimum absolute atomic E-state index is 0.378. The fourth-order valence-corrected chi connectivity index (χ4v) is 3.10. The summed E-state index contributed by atoms with van der Waals surface area (Å²) in [6.45, 7) is 2.90. The van der Waals surface area contributed by atoms with Gasteiger partial charge in [-0.05, 0) is 25.8 Å². The first-order valence-electron chi connectivity index (χ1n) is 7.38. The van der Waals surface area contributed by atoms with Gasteiger partial charge >= 0.3 is 0 Å². The largest absolute Gasteiger partial charge is 0.340 e. The van der Waals surface area contributed by atoms with Crippen molar-refractivity contribution < 1.29 is 4.79 Å². The summed E-state index contributed by atoms with van der Waals surface area (Å²) in [5, 5.41) is 3.32. The van der Waals surface area contributed by atoms with Crippen LogP contribution in [0.4, 0.5) is 0 Å². The van der Waals surface area contributed by atoms with Gasteiger partial charge in [0.1, 0.15) is 0 Å². The van der Waals surface area contributed by atoms with E-state index in [1.54, 1.807) is 0 Å². The highest BCUT2D eigenvalue weighted by molar-refractivity contribution is 5.76. The standard InChI is InChI=1S/C14H26N2O/c17-14-9-11-15-10-6-12-16(14)13-7-4-2-1-3-5-8-13/h13,15H,1-12H2. The van der Waals surface area contributed by atoms with Crippen LogP contribution >= 0.6 is 0 Å². The molecule has 98 valence electrons. The average molecular weight is 238 g/mol. The monoisotopic (exact) mass is 238 g/mol. The third-order valence-corrected chi connectivity index (χ3v) is 4.10. The molecule has 0 spiro atoms. The molecule has 1 heterocycles. The van der Waals surface area contributed by atoms with Gasteiger partial charge in [0.2, 0.25) is 5.91 Å². The molecule has 17 heavy (non-hydrogen) atoms. The molecule has 0 atom stereocenters. The van der Waals surface area contributed by atoms with Crippen LogP contribution in [0.2, 0.25) is 0 Å². The van der Waals surface area contributed by atoms with E-state index in [1.807, 2.05) is 0 Å². The van der Waals surface area contributed by atoms with Crippen LogP contribution in [0.1, 0.15) is 57.8 Å². The van der Waals surface area contributed by atoms with Crippen LogP contribution < -0.4 is 5.32 Å². The second kappa shape index (κ2) is 7.00. The Kier molecular flexibility index (Phi) is 5.30. The second-order valence-corrected chi connectivity index (χ2v) is 5.44. The third kappa shape index (κ3) is 3.98. The van der Waals surface area contributed by atoms with Crippen LogP contribution in [-0.4, -0.2) is 36.5 Å². The summed E-state index contributed by atoms with van der Waals surface area (Å²) in [5.41, 5.74) is 0. The maximum atomic E-state index is 12.2. The van der Waals surface area contributed by atoms with Crippen LogP contribution in [0.25, 0.3) is 0 Å². The second-order valence-electron chi connectivity index (χ2n) is 5.44. The van der Waals surface area contributed by atoms with Crippen molar-refractivity contribution in [3.8, 4) is 0 Å². The van der Waals surface area contributed by atoms with Crippen molar-refractivity contribution >= 4 is 5.91 Å². The molecule has 2 fully saturated rings. The molecule has 1 aliphatic heterocycles. The van der Waals surface area contributed by atoms with Crippen LogP contribution in [-0.2, 0) is 4.79 Å². The van der Waals surface area contributed by atoms with Crippen LogP contribution in [0.3, 0.4) is 0 Å². The quantitative estimate of drug-likeness (QED) is 0.760. The molecule has 1 saturated carbocycles. The smallest absolute Gasteiger partial charge is 0.224 e. The van der Waals surface area contributed by atoms with Gasteiger partial charge in [-0.2, -0.15) is 0 Å². The number of amides is 1. The number of hydrogen-bond donors (Lipinski definition) is 1. The Morgan fingerprint density at radius 3 is 2.41 bits per heavy atom. The normalized spacial score (nSPS) is 25.9. The average Bonchev–Trinajstić information content (AvgIpc) is 2.26. The Labute approximate surface area is 105 Å². The van der Waals surface area contributed by atoms with E-state index >= 15 is 0 Å². The fraction of sp³-hybridized carbons (Fsp3) is 0.929. The van der Waals surface area contributed by atoms with E-state index in [0.717, 1.165) is 26.1 Å². The molecule has 0 aromatic rings. The summed E-state index contributed by atoms with van der Waals surface area (Å²) in [7, 11) is 0. The lowest BCUT2D eigenvalue weighted by Gasteiger charge is -2.34. The van der Waals surface area contributed by atoms with Crippen molar-refractivity contribution in [3.05, 3.63) is 0 Å². The topological polar surface area (TPSA) is 32.3 Å². The van der Waals surface area contributed by atoms with E-state index < -0.39 is 0 Å². The molecular weight excluding hydrogens is 212 g/mol. The maximum absolute atomic E-state index is 12.2. The summed E-state index contributed by atoms with van der Waals surface area (Å²) in [4.78, 5) is 14.4. The molecular formula is C14H26N2O. The molecule has 0 aromatic carbocycles. The first-order valence-corrected chi connectivity index (χ1v) is 7.38. The number of carbonyl (C=O) groups excluding carboxylic acids is 1. The van der Waals surface area contributed by atoms with E-state index in [-0.39, 0.29) is 0 Å². The minimum atomic E-state index is 0.378. The van der Waals surface area contributed by atoms with Gasteiger partial charge in [-0.25, -0.2) is 0 Å². The lowest BCUT2D eigenvalue weighted by atomic mass is 9.95. The number of carbonyl (C=O) groups is 1. The first-order chi connectivity index (χ1) is 8.38. The molecule has 0 aromatic heterocycles. The van der Waals surface area contributed by atoms with Crippen molar-refractivity contribution in [1.29, 1.82) is 0 Å². The maximum Gasteiger partial charge on any atom is 0.224 e. The van der Waals surface area contributed by atoms with E-state index in [1.165, 1.54) is 44.9 Å². The molecule has 2 rings (SSSR count). The molecule has 1 N–H and O–H groups in total. The Morgan fingerprint density at radius 1 is 0.941 bits per heavy atom.